The lowest BCUT2D eigenvalue weighted by Crippen LogP contribution is -2.49. The Morgan fingerprint density at radius 3 is 2.22 bits per heavy atom. The minimum Gasteiger partial charge on any atom is -0.508 e. The van der Waals surface area contributed by atoms with E-state index in [1.54, 1.807) is 7.05 Å². The molecule has 0 unspecified atom stereocenters. The molecule has 1 amide bonds. The fourth-order valence-electron chi connectivity index (χ4n) is 4.08. The summed E-state index contributed by atoms with van der Waals surface area (Å²) in [7, 11) is 1.64. The van der Waals surface area contributed by atoms with Crippen molar-refractivity contribution in [3.63, 3.8) is 0 Å². The Bertz CT molecular complexity index is 661. The van der Waals surface area contributed by atoms with Crippen LogP contribution in [0.4, 0.5) is 0 Å². The van der Waals surface area contributed by atoms with Gasteiger partial charge in [0.25, 0.3) is 5.91 Å². The van der Waals surface area contributed by atoms with Gasteiger partial charge in [0.2, 0.25) is 0 Å². The number of carbonyl (C=O) groups excluding carboxylic acids is 1. The van der Waals surface area contributed by atoms with E-state index in [2.05, 4.69) is 12.1 Å². The number of hydrogen-bond acceptors (Lipinski definition) is 3. The van der Waals surface area contributed by atoms with E-state index >= 15 is 0 Å². The van der Waals surface area contributed by atoms with Crippen molar-refractivity contribution in [2.24, 2.45) is 0 Å². The quantitative estimate of drug-likeness (QED) is 0.852. The minimum absolute atomic E-state index is 0.121. The lowest BCUT2D eigenvalue weighted by Gasteiger charge is -2.43. The van der Waals surface area contributed by atoms with Gasteiger partial charge in [0.1, 0.15) is 5.76 Å². The van der Waals surface area contributed by atoms with Gasteiger partial charge >= 0.3 is 0 Å². The molecule has 1 aliphatic heterocycles. The second kappa shape index (κ2) is 5.68. The summed E-state index contributed by atoms with van der Waals surface area (Å²) in [6.07, 6.45) is 4.66. The van der Waals surface area contributed by atoms with Gasteiger partial charge in [-0.2, -0.15) is 0 Å². The van der Waals surface area contributed by atoms with Crippen molar-refractivity contribution < 1.29 is 14.7 Å². The van der Waals surface area contributed by atoms with E-state index in [9.17, 15) is 9.90 Å². The molecular formula is C19H25NO3. The number of aliphatic hydroxyl groups is 1. The third kappa shape index (κ3) is 2.55. The zero-order valence-corrected chi connectivity index (χ0v) is 14.4. The molecule has 0 radical (unpaired) electrons. The van der Waals surface area contributed by atoms with Crippen molar-refractivity contribution in [2.75, 3.05) is 7.05 Å². The number of likely N-dealkylation sites (N-methyl/N-ethyl adjacent to an activating group) is 1. The van der Waals surface area contributed by atoms with Crippen LogP contribution in [-0.2, 0) is 9.63 Å². The predicted octanol–water partition coefficient (Wildman–Crippen LogP) is 3.99. The zero-order chi connectivity index (χ0) is 16.8. The molecule has 3 rings (SSSR count). The molecule has 0 atom stereocenters. The molecular weight excluding hydrogens is 290 g/mol. The Kier molecular flexibility index (Phi) is 3.96. The van der Waals surface area contributed by atoms with Gasteiger partial charge in [-0.1, -0.05) is 24.1 Å². The molecule has 1 fully saturated rings. The van der Waals surface area contributed by atoms with Gasteiger partial charge in [-0.05, 0) is 63.1 Å². The molecule has 0 aromatic heterocycles. The molecule has 4 nitrogen and oxygen atoms in total. The van der Waals surface area contributed by atoms with E-state index in [0.717, 1.165) is 54.4 Å². The van der Waals surface area contributed by atoms with Gasteiger partial charge < -0.3 is 5.11 Å². The number of carbonyl (C=O) groups is 1. The second-order valence-electron chi connectivity index (χ2n) is 6.95. The first-order chi connectivity index (χ1) is 10.9. The molecule has 1 spiro atoms. The molecule has 23 heavy (non-hydrogen) atoms. The smallest absolute Gasteiger partial charge is 0.281 e. The van der Waals surface area contributed by atoms with Gasteiger partial charge in [0, 0.05) is 7.05 Å². The first kappa shape index (κ1) is 16.1. The highest BCUT2D eigenvalue weighted by molar-refractivity contribution is 6.21. The van der Waals surface area contributed by atoms with Crippen molar-refractivity contribution in [3.8, 4) is 0 Å². The molecule has 1 aromatic carbocycles. The SMILES string of the molecule is Cc1cc(C)c(C2=C(O)C3(CCCCC3)ON(C)C2=O)c(C)c1. The van der Waals surface area contributed by atoms with Gasteiger partial charge in [-0.15, -0.1) is 0 Å². The zero-order valence-electron chi connectivity index (χ0n) is 14.4. The monoisotopic (exact) mass is 315 g/mol. The number of hydrogen-bond donors (Lipinski definition) is 1. The lowest BCUT2D eigenvalue weighted by atomic mass is 9.79. The summed E-state index contributed by atoms with van der Waals surface area (Å²) in [5.41, 5.74) is 3.70. The summed E-state index contributed by atoms with van der Waals surface area (Å²) in [5.74, 6) is -0.149. The Labute approximate surface area is 137 Å². The Balaban J connectivity index is 2.22. The summed E-state index contributed by atoms with van der Waals surface area (Å²) >= 11 is 0. The van der Waals surface area contributed by atoms with Gasteiger partial charge in [0.15, 0.2) is 5.60 Å². The molecule has 0 saturated heterocycles. The highest BCUT2D eigenvalue weighted by Gasteiger charge is 2.47. The maximum absolute atomic E-state index is 12.7. The van der Waals surface area contributed by atoms with Crippen LogP contribution in [0.1, 0.15) is 54.4 Å². The van der Waals surface area contributed by atoms with Crippen LogP contribution in [0, 0.1) is 20.8 Å². The topological polar surface area (TPSA) is 49.8 Å². The molecule has 2 aliphatic rings. The molecule has 1 aromatic rings. The molecule has 1 aliphatic carbocycles. The van der Waals surface area contributed by atoms with E-state index in [0.29, 0.717) is 5.57 Å². The van der Waals surface area contributed by atoms with Gasteiger partial charge in [-0.3, -0.25) is 9.63 Å². The van der Waals surface area contributed by atoms with E-state index in [4.69, 9.17) is 4.84 Å². The number of aliphatic hydroxyl groups excluding tert-OH is 1. The highest BCUT2D eigenvalue weighted by atomic mass is 16.7. The summed E-state index contributed by atoms with van der Waals surface area (Å²) in [6.45, 7) is 6.02. The Morgan fingerprint density at radius 2 is 1.65 bits per heavy atom. The van der Waals surface area contributed by atoms with Crippen molar-refractivity contribution in [1.82, 2.24) is 5.06 Å². The van der Waals surface area contributed by atoms with Crippen molar-refractivity contribution >= 4 is 11.5 Å². The summed E-state index contributed by atoms with van der Waals surface area (Å²) in [4.78, 5) is 18.6. The molecule has 1 N–H and O–H groups in total. The Hall–Kier alpha value is -1.81. The van der Waals surface area contributed by atoms with Crippen LogP contribution in [0.5, 0.6) is 0 Å². The van der Waals surface area contributed by atoms with Crippen LogP contribution in [0.15, 0.2) is 17.9 Å². The molecule has 0 bridgehead atoms. The van der Waals surface area contributed by atoms with E-state index < -0.39 is 5.60 Å². The van der Waals surface area contributed by atoms with Crippen LogP contribution < -0.4 is 0 Å². The van der Waals surface area contributed by atoms with Gasteiger partial charge in [0.05, 0.1) is 5.57 Å². The lowest BCUT2D eigenvalue weighted by molar-refractivity contribution is -0.236. The fraction of sp³-hybridized carbons (Fsp3) is 0.526. The summed E-state index contributed by atoms with van der Waals surface area (Å²) in [5, 5.41) is 12.3. The number of amides is 1. The molecule has 1 heterocycles. The molecule has 1 saturated carbocycles. The largest absolute Gasteiger partial charge is 0.508 e. The predicted molar refractivity (Wildman–Crippen MR) is 89.9 cm³/mol. The van der Waals surface area contributed by atoms with Crippen molar-refractivity contribution in [3.05, 3.63) is 40.1 Å². The first-order valence-corrected chi connectivity index (χ1v) is 8.35. The minimum atomic E-state index is -0.736. The van der Waals surface area contributed by atoms with Crippen LogP contribution >= 0.6 is 0 Å². The van der Waals surface area contributed by atoms with Crippen molar-refractivity contribution in [1.29, 1.82) is 0 Å². The average Bonchev–Trinajstić information content (AvgIpc) is 2.49. The third-order valence-corrected chi connectivity index (χ3v) is 5.07. The number of aryl methyl sites for hydroxylation is 3. The number of benzene rings is 1. The van der Waals surface area contributed by atoms with Crippen LogP contribution in [0.3, 0.4) is 0 Å². The fourth-order valence-corrected chi connectivity index (χ4v) is 4.08. The maximum atomic E-state index is 12.7. The van der Waals surface area contributed by atoms with Crippen LogP contribution in [0.25, 0.3) is 5.57 Å². The van der Waals surface area contributed by atoms with E-state index in [-0.39, 0.29) is 11.7 Å². The van der Waals surface area contributed by atoms with Crippen LogP contribution in [0.2, 0.25) is 0 Å². The van der Waals surface area contributed by atoms with E-state index in [1.807, 2.05) is 20.8 Å². The maximum Gasteiger partial charge on any atom is 0.281 e. The average molecular weight is 315 g/mol. The Morgan fingerprint density at radius 1 is 1.09 bits per heavy atom. The van der Waals surface area contributed by atoms with Crippen molar-refractivity contribution in [2.45, 2.75) is 58.5 Å². The molecule has 4 heteroatoms. The molecule has 124 valence electrons. The highest BCUT2D eigenvalue weighted by Crippen LogP contribution is 2.44. The summed E-state index contributed by atoms with van der Waals surface area (Å²) < 4.78 is 0. The number of hydroxylamine groups is 2. The summed E-state index contributed by atoms with van der Waals surface area (Å²) in [6, 6.07) is 4.11. The normalized spacial score (nSPS) is 21.2. The number of rotatable bonds is 1. The third-order valence-electron chi connectivity index (χ3n) is 5.07. The van der Waals surface area contributed by atoms with Crippen LogP contribution in [-0.4, -0.2) is 28.7 Å². The van der Waals surface area contributed by atoms with Gasteiger partial charge in [-0.25, -0.2) is 5.06 Å². The standard InChI is InChI=1S/C19H25NO3/c1-12-10-13(2)15(14(3)11-12)16-17(21)19(8-6-5-7-9-19)23-20(4)18(16)22/h10-11,21H,5-9H2,1-4H3. The number of nitrogens with zero attached hydrogens (tertiary/aromatic N) is 1. The first-order valence-electron chi connectivity index (χ1n) is 8.35. The second-order valence-corrected chi connectivity index (χ2v) is 6.95. The van der Waals surface area contributed by atoms with E-state index in [1.165, 1.54) is 5.06 Å².